The zero-order valence-electron chi connectivity index (χ0n) is 8.90. The molecule has 0 rings (SSSR count). The topological polar surface area (TPSA) is 35.2 Å². The second kappa shape index (κ2) is 4.76. The highest BCUT2D eigenvalue weighted by molar-refractivity contribution is 5.08. The highest BCUT2D eigenvalue weighted by Crippen LogP contribution is 2.60. The minimum absolute atomic E-state index is 1.96. The second-order valence-electron chi connectivity index (χ2n) is 3.43. The molecular weight excluding hydrogens is 349 g/mol. The van der Waals surface area contributed by atoms with E-state index in [0.717, 1.165) is 0 Å². The van der Waals surface area contributed by atoms with E-state index in [1.807, 2.05) is 4.84 Å². The van der Waals surface area contributed by atoms with E-state index >= 15 is 0 Å². The molecule has 0 unspecified atom stereocenters. The van der Waals surface area contributed by atoms with Crippen molar-refractivity contribution in [1.82, 2.24) is 0 Å². The molecule has 0 fully saturated rings. The van der Waals surface area contributed by atoms with E-state index in [-0.39, 0.29) is 0 Å². The van der Waals surface area contributed by atoms with Crippen LogP contribution in [0.1, 0.15) is 0 Å². The molecular formula is C6H2F13NO. The fourth-order valence-corrected chi connectivity index (χ4v) is 0.829. The first-order valence-corrected chi connectivity index (χ1v) is 4.15. The number of rotatable bonds is 5. The van der Waals surface area contributed by atoms with Crippen molar-refractivity contribution in [1.29, 1.82) is 0 Å². The molecule has 0 aliphatic heterocycles. The van der Waals surface area contributed by atoms with Gasteiger partial charge in [0.05, 0.1) is 0 Å². The van der Waals surface area contributed by atoms with Gasteiger partial charge in [-0.2, -0.15) is 57.1 Å². The second-order valence-corrected chi connectivity index (χ2v) is 3.43. The molecule has 0 aromatic carbocycles. The maximum absolute atomic E-state index is 12.6. The summed E-state index contributed by atoms with van der Waals surface area (Å²) in [5, 5.41) is 0. The Bertz CT molecular complexity index is 385. The van der Waals surface area contributed by atoms with E-state index in [4.69, 9.17) is 0 Å². The van der Waals surface area contributed by atoms with E-state index in [1.165, 1.54) is 0 Å². The number of nitrogens with two attached hydrogens (primary N) is 1. The Labute approximate surface area is 105 Å². The summed E-state index contributed by atoms with van der Waals surface area (Å²) >= 11 is 0. The maximum Gasteiger partial charge on any atom is 0.460 e. The van der Waals surface area contributed by atoms with Gasteiger partial charge in [0.2, 0.25) is 0 Å². The third kappa shape index (κ3) is 2.49. The summed E-state index contributed by atoms with van der Waals surface area (Å²) in [4.78, 5) is 1.96. The number of hydrogen-bond acceptors (Lipinski definition) is 2. The Balaban J connectivity index is 6.14. The minimum atomic E-state index is -7.94. The monoisotopic (exact) mass is 351 g/mol. The molecule has 2 nitrogen and oxygen atoms in total. The van der Waals surface area contributed by atoms with Gasteiger partial charge in [-0.05, 0) is 0 Å². The number of halogens is 13. The number of alkyl halides is 13. The van der Waals surface area contributed by atoms with Gasteiger partial charge in [-0.25, -0.2) is 10.7 Å². The summed E-state index contributed by atoms with van der Waals surface area (Å²) in [5.41, 5.74) is 0. The smallest absolute Gasteiger partial charge is 0.230 e. The fourth-order valence-electron chi connectivity index (χ4n) is 0.829. The first-order chi connectivity index (χ1) is 8.81. The predicted molar refractivity (Wildman–Crippen MR) is 36.1 cm³/mol. The molecule has 0 spiro atoms. The summed E-state index contributed by atoms with van der Waals surface area (Å²) in [5.74, 6) is -27.7. The van der Waals surface area contributed by atoms with Gasteiger partial charge in [0.1, 0.15) is 0 Å². The average molecular weight is 351 g/mol. The largest absolute Gasteiger partial charge is 0.460 e. The molecule has 128 valence electrons. The number of hydrogen-bond donors (Lipinski definition) is 1. The Morgan fingerprint density at radius 1 is 0.476 bits per heavy atom. The molecule has 0 aromatic heterocycles. The van der Waals surface area contributed by atoms with Crippen LogP contribution in [0.2, 0.25) is 0 Å². The van der Waals surface area contributed by atoms with Crippen molar-refractivity contribution >= 4 is 0 Å². The summed E-state index contributed by atoms with van der Waals surface area (Å²) in [6.07, 6.45) is -14.1. The summed E-state index contributed by atoms with van der Waals surface area (Å²) in [6, 6.07) is 0. The van der Waals surface area contributed by atoms with Crippen LogP contribution in [-0.4, -0.2) is 36.0 Å². The van der Waals surface area contributed by atoms with Gasteiger partial charge in [0.25, 0.3) is 0 Å². The lowest BCUT2D eigenvalue weighted by Crippen LogP contribution is -2.70. The van der Waals surface area contributed by atoms with Gasteiger partial charge < -0.3 is 0 Å². The van der Waals surface area contributed by atoms with Crippen molar-refractivity contribution in [2.45, 2.75) is 36.0 Å². The molecule has 0 amide bonds. The fraction of sp³-hybridized carbons (Fsp3) is 1.00. The van der Waals surface area contributed by atoms with Gasteiger partial charge in [-0.1, -0.05) is 0 Å². The highest BCUT2D eigenvalue weighted by atomic mass is 19.4. The lowest BCUT2D eigenvalue weighted by atomic mass is 9.97. The zero-order chi connectivity index (χ0) is 17.7. The van der Waals surface area contributed by atoms with E-state index in [9.17, 15) is 57.1 Å². The Morgan fingerprint density at radius 3 is 1.00 bits per heavy atom. The molecule has 0 saturated heterocycles. The van der Waals surface area contributed by atoms with E-state index in [0.29, 0.717) is 0 Å². The maximum atomic E-state index is 12.6. The summed E-state index contributed by atoms with van der Waals surface area (Å²) in [7, 11) is 0. The van der Waals surface area contributed by atoms with Crippen molar-refractivity contribution in [3.05, 3.63) is 0 Å². The molecule has 15 heteroatoms. The molecule has 0 aliphatic rings. The Morgan fingerprint density at radius 2 is 0.762 bits per heavy atom. The molecule has 0 atom stereocenters. The van der Waals surface area contributed by atoms with Gasteiger partial charge in [-0.15, -0.1) is 0 Å². The van der Waals surface area contributed by atoms with Crippen LogP contribution in [0.15, 0.2) is 0 Å². The quantitative estimate of drug-likeness (QED) is 0.607. The third-order valence-electron chi connectivity index (χ3n) is 2.05. The van der Waals surface area contributed by atoms with Crippen LogP contribution in [0.3, 0.4) is 0 Å². The van der Waals surface area contributed by atoms with Crippen LogP contribution in [0.4, 0.5) is 57.1 Å². The standard InChI is InChI=1S/C6H2F13NO/c7-1(8,3(11,12)5(15,16)17)2(9,10)4(13,14)6(18,19)21-20/h20H2. The Hall–Kier alpha value is -0.990. The zero-order valence-corrected chi connectivity index (χ0v) is 8.90. The van der Waals surface area contributed by atoms with Crippen molar-refractivity contribution in [2.24, 2.45) is 5.90 Å². The van der Waals surface area contributed by atoms with Crippen LogP contribution in [0, 0.1) is 0 Å². The van der Waals surface area contributed by atoms with Crippen molar-refractivity contribution in [3.8, 4) is 0 Å². The molecule has 0 saturated carbocycles. The van der Waals surface area contributed by atoms with Crippen molar-refractivity contribution in [2.75, 3.05) is 0 Å². The molecule has 0 radical (unpaired) electrons. The van der Waals surface area contributed by atoms with E-state index in [2.05, 4.69) is 5.90 Å². The van der Waals surface area contributed by atoms with Crippen LogP contribution in [-0.2, 0) is 4.84 Å². The molecule has 21 heavy (non-hydrogen) atoms. The van der Waals surface area contributed by atoms with Gasteiger partial charge in [-0.3, -0.25) is 0 Å². The van der Waals surface area contributed by atoms with Crippen LogP contribution >= 0.6 is 0 Å². The van der Waals surface area contributed by atoms with Gasteiger partial charge >= 0.3 is 36.0 Å². The van der Waals surface area contributed by atoms with Gasteiger partial charge in [0, 0.05) is 0 Å². The average Bonchev–Trinajstić information content (AvgIpc) is 2.26. The minimum Gasteiger partial charge on any atom is -0.230 e. The van der Waals surface area contributed by atoms with E-state index < -0.39 is 36.0 Å². The predicted octanol–water partition coefficient (Wildman–Crippen LogP) is 3.57. The van der Waals surface area contributed by atoms with Crippen molar-refractivity contribution in [3.63, 3.8) is 0 Å². The van der Waals surface area contributed by atoms with Crippen LogP contribution in [0.25, 0.3) is 0 Å². The molecule has 2 N–H and O–H groups in total. The normalized spacial score (nSPS) is 16.3. The lowest BCUT2D eigenvalue weighted by molar-refractivity contribution is -0.466. The first kappa shape index (κ1) is 20.0. The van der Waals surface area contributed by atoms with E-state index in [1.54, 1.807) is 0 Å². The van der Waals surface area contributed by atoms with Gasteiger partial charge in [0.15, 0.2) is 0 Å². The molecule has 0 bridgehead atoms. The van der Waals surface area contributed by atoms with Crippen LogP contribution in [0.5, 0.6) is 0 Å². The summed E-state index contributed by atoms with van der Waals surface area (Å²) < 4.78 is 159. The molecule has 0 aromatic rings. The highest BCUT2D eigenvalue weighted by Gasteiger charge is 2.91. The Kier molecular flexibility index (Phi) is 4.53. The lowest BCUT2D eigenvalue weighted by Gasteiger charge is -2.38. The molecule has 0 aliphatic carbocycles. The van der Waals surface area contributed by atoms with Crippen molar-refractivity contribution < 1.29 is 61.9 Å². The third-order valence-corrected chi connectivity index (χ3v) is 2.05. The first-order valence-electron chi connectivity index (χ1n) is 4.15. The van der Waals surface area contributed by atoms with Crippen LogP contribution < -0.4 is 5.90 Å². The molecule has 0 heterocycles. The summed E-state index contributed by atoms with van der Waals surface area (Å²) in [6.45, 7) is 0. The SMILES string of the molecule is NOC(F)(F)C(F)(F)C(F)(F)C(F)(F)C(F)(F)C(F)(F)F.